The number of carboxylic acids is 1. The van der Waals surface area contributed by atoms with E-state index in [2.05, 4.69) is 34.9 Å². The van der Waals surface area contributed by atoms with Gasteiger partial charge in [0, 0.05) is 23.7 Å². The normalized spacial score (nSPS) is 12.4. The molecule has 7 nitrogen and oxygen atoms in total. The highest BCUT2D eigenvalue weighted by atomic mass is 16.5. The van der Waals surface area contributed by atoms with Crippen molar-refractivity contribution in [3.63, 3.8) is 0 Å². The third kappa shape index (κ3) is 5.76. The lowest BCUT2D eigenvalue weighted by Gasteiger charge is -2.14. The Kier molecular flexibility index (Phi) is 7.26. The Hall–Kier alpha value is -4.39. The fraction of sp³-hybridized carbons (Fsp3) is 0.179. The van der Waals surface area contributed by atoms with Crippen LogP contribution in [0.1, 0.15) is 29.5 Å². The molecule has 0 fully saturated rings. The number of carboxylic acid groups (broad SMARTS) is 1. The number of fused-ring (bicyclic) bond motifs is 3. The first-order chi connectivity index (χ1) is 16.9. The van der Waals surface area contributed by atoms with E-state index < -0.39 is 12.1 Å². The number of rotatable bonds is 8. The number of ether oxygens (including phenoxy) is 1. The second-order valence-electron chi connectivity index (χ2n) is 8.32. The number of hydrogen-bond donors (Lipinski definition) is 3. The summed E-state index contributed by atoms with van der Waals surface area (Å²) in [5, 5.41) is 14.2. The lowest BCUT2D eigenvalue weighted by Crippen LogP contribution is -2.26. The molecule has 3 aromatic carbocycles. The Bertz CT molecular complexity index is 1240. The third-order valence-electron chi connectivity index (χ3n) is 5.92. The zero-order valence-corrected chi connectivity index (χ0v) is 19.3. The first-order valence-corrected chi connectivity index (χ1v) is 11.3. The summed E-state index contributed by atoms with van der Waals surface area (Å²) in [7, 11) is 0. The first-order valence-electron chi connectivity index (χ1n) is 11.3. The third-order valence-corrected chi connectivity index (χ3v) is 5.92. The number of anilines is 1. The van der Waals surface area contributed by atoms with Gasteiger partial charge in [0.1, 0.15) is 6.61 Å². The van der Waals surface area contributed by atoms with Gasteiger partial charge in [-0.05, 0) is 46.9 Å². The molecule has 0 heterocycles. The van der Waals surface area contributed by atoms with Crippen molar-refractivity contribution in [2.75, 3.05) is 18.5 Å². The van der Waals surface area contributed by atoms with Gasteiger partial charge in [-0.3, -0.25) is 9.59 Å². The molecule has 0 atom stereocenters. The fourth-order valence-corrected chi connectivity index (χ4v) is 4.14. The van der Waals surface area contributed by atoms with Crippen molar-refractivity contribution in [3.05, 3.63) is 101 Å². The van der Waals surface area contributed by atoms with Crippen LogP contribution >= 0.6 is 0 Å². The summed E-state index contributed by atoms with van der Waals surface area (Å²) in [5.74, 6) is -1.24. The van der Waals surface area contributed by atoms with E-state index in [9.17, 15) is 14.4 Å². The Labute approximate surface area is 203 Å². The molecule has 3 aromatic rings. The van der Waals surface area contributed by atoms with Crippen molar-refractivity contribution >= 4 is 23.7 Å². The highest BCUT2D eigenvalue weighted by Gasteiger charge is 2.28. The van der Waals surface area contributed by atoms with Gasteiger partial charge in [-0.2, -0.15) is 0 Å². The largest absolute Gasteiger partial charge is 0.481 e. The van der Waals surface area contributed by atoms with Gasteiger partial charge < -0.3 is 20.5 Å². The van der Waals surface area contributed by atoms with E-state index in [4.69, 9.17) is 9.84 Å². The van der Waals surface area contributed by atoms with Gasteiger partial charge in [-0.1, -0.05) is 66.7 Å². The summed E-state index contributed by atoms with van der Waals surface area (Å²) < 4.78 is 5.49. The van der Waals surface area contributed by atoms with Crippen LogP contribution in [0, 0.1) is 0 Å². The van der Waals surface area contributed by atoms with Crippen molar-refractivity contribution in [1.29, 1.82) is 0 Å². The zero-order valence-electron chi connectivity index (χ0n) is 19.3. The van der Waals surface area contributed by atoms with Gasteiger partial charge in [0.25, 0.3) is 5.91 Å². The smallest absolute Gasteiger partial charge is 0.407 e. The molecular formula is C28H26N2O5. The van der Waals surface area contributed by atoms with Gasteiger partial charge in [0.15, 0.2) is 0 Å². The average Bonchev–Trinajstić information content (AvgIpc) is 3.17. The van der Waals surface area contributed by atoms with Crippen LogP contribution in [-0.4, -0.2) is 36.2 Å². The molecule has 4 rings (SSSR count). The van der Waals surface area contributed by atoms with Gasteiger partial charge in [0.05, 0.1) is 6.42 Å². The number of nitrogens with one attached hydrogen (secondary N) is 2. The fourth-order valence-electron chi connectivity index (χ4n) is 4.14. The molecule has 35 heavy (non-hydrogen) atoms. The molecule has 0 saturated carbocycles. The minimum absolute atomic E-state index is 0.0157. The van der Waals surface area contributed by atoms with Gasteiger partial charge in [0.2, 0.25) is 0 Å². The quantitative estimate of drug-likeness (QED) is 0.413. The average molecular weight is 471 g/mol. The summed E-state index contributed by atoms with van der Waals surface area (Å²) in [5.41, 5.74) is 6.25. The minimum Gasteiger partial charge on any atom is -0.481 e. The van der Waals surface area contributed by atoms with E-state index in [1.165, 1.54) is 11.1 Å². The van der Waals surface area contributed by atoms with Crippen molar-refractivity contribution in [2.24, 2.45) is 0 Å². The van der Waals surface area contributed by atoms with Crippen LogP contribution in [0.2, 0.25) is 0 Å². The van der Waals surface area contributed by atoms with Crippen molar-refractivity contribution in [3.8, 4) is 11.1 Å². The summed E-state index contributed by atoms with van der Waals surface area (Å²) in [6.45, 7) is 2.02. The number of alkyl carbamates (subject to hydrolysis) is 1. The van der Waals surface area contributed by atoms with Crippen LogP contribution in [0.5, 0.6) is 0 Å². The van der Waals surface area contributed by atoms with Crippen LogP contribution in [0.25, 0.3) is 11.1 Å². The van der Waals surface area contributed by atoms with E-state index in [-0.39, 0.29) is 31.4 Å². The van der Waals surface area contributed by atoms with Crippen molar-refractivity contribution in [1.82, 2.24) is 5.32 Å². The van der Waals surface area contributed by atoms with Crippen molar-refractivity contribution < 1.29 is 24.2 Å². The molecule has 1 aliphatic rings. The maximum absolute atomic E-state index is 12.4. The molecule has 0 spiro atoms. The van der Waals surface area contributed by atoms with E-state index in [0.29, 0.717) is 16.8 Å². The van der Waals surface area contributed by atoms with Crippen LogP contribution in [0.3, 0.4) is 0 Å². The maximum atomic E-state index is 12.4. The van der Waals surface area contributed by atoms with E-state index >= 15 is 0 Å². The predicted molar refractivity (Wildman–Crippen MR) is 133 cm³/mol. The monoisotopic (exact) mass is 470 g/mol. The molecule has 0 saturated heterocycles. The SMILES string of the molecule is C/C(=C\CNC(=O)OCC1c2ccccc2-c2ccccc21)C(=O)Nc1ccc(CC(=O)O)cc1. The molecule has 0 aliphatic heterocycles. The number of carbonyl (C=O) groups excluding carboxylic acids is 2. The van der Waals surface area contributed by atoms with Crippen LogP contribution < -0.4 is 10.6 Å². The summed E-state index contributed by atoms with van der Waals surface area (Å²) >= 11 is 0. The van der Waals surface area contributed by atoms with Crippen LogP contribution in [0.4, 0.5) is 10.5 Å². The number of benzene rings is 3. The lowest BCUT2D eigenvalue weighted by molar-refractivity contribution is -0.136. The standard InChI is InChI=1S/C28H26N2O5/c1-18(27(33)30-20-12-10-19(11-13-20)16-26(31)32)14-15-29-28(34)35-17-25-23-8-4-2-6-21(23)22-7-3-5-9-24(22)25/h2-14,25H,15-17H2,1H3,(H,29,34)(H,30,33)(H,31,32)/b18-14+. The molecular weight excluding hydrogens is 444 g/mol. The Morgan fingerprint density at radius 2 is 1.51 bits per heavy atom. The molecule has 0 radical (unpaired) electrons. The van der Waals surface area contributed by atoms with E-state index in [0.717, 1.165) is 11.1 Å². The minimum atomic E-state index is -0.913. The highest BCUT2D eigenvalue weighted by molar-refractivity contribution is 6.03. The molecule has 178 valence electrons. The maximum Gasteiger partial charge on any atom is 0.407 e. The van der Waals surface area contributed by atoms with Gasteiger partial charge in [-0.25, -0.2) is 4.79 Å². The molecule has 7 heteroatoms. The number of hydrogen-bond acceptors (Lipinski definition) is 4. The predicted octanol–water partition coefficient (Wildman–Crippen LogP) is 4.74. The van der Waals surface area contributed by atoms with Crippen LogP contribution in [-0.2, 0) is 20.7 Å². The number of amides is 2. The summed E-state index contributed by atoms with van der Waals surface area (Å²) in [6.07, 6.45) is 0.981. The van der Waals surface area contributed by atoms with Gasteiger partial charge >= 0.3 is 12.1 Å². The Balaban J connectivity index is 1.26. The van der Waals surface area contributed by atoms with Crippen LogP contribution in [0.15, 0.2) is 84.4 Å². The molecule has 0 unspecified atom stereocenters. The lowest BCUT2D eigenvalue weighted by atomic mass is 9.98. The molecule has 0 bridgehead atoms. The van der Waals surface area contributed by atoms with Crippen molar-refractivity contribution in [2.45, 2.75) is 19.3 Å². The highest BCUT2D eigenvalue weighted by Crippen LogP contribution is 2.44. The molecule has 0 aromatic heterocycles. The molecule has 3 N–H and O–H groups in total. The Morgan fingerprint density at radius 1 is 0.914 bits per heavy atom. The Morgan fingerprint density at radius 3 is 2.11 bits per heavy atom. The number of aliphatic carboxylic acids is 1. The van der Waals surface area contributed by atoms with E-state index in [1.54, 1.807) is 37.3 Å². The topological polar surface area (TPSA) is 105 Å². The van der Waals surface area contributed by atoms with E-state index in [1.807, 2.05) is 24.3 Å². The molecule has 1 aliphatic carbocycles. The van der Waals surface area contributed by atoms with Gasteiger partial charge in [-0.15, -0.1) is 0 Å². The zero-order chi connectivity index (χ0) is 24.8. The first kappa shape index (κ1) is 23.8. The summed E-state index contributed by atoms with van der Waals surface area (Å²) in [6, 6.07) is 22.9. The second kappa shape index (κ2) is 10.7. The summed E-state index contributed by atoms with van der Waals surface area (Å²) in [4.78, 5) is 35.4. The number of carbonyl (C=O) groups is 3. The second-order valence-corrected chi connectivity index (χ2v) is 8.32. The molecule has 2 amide bonds.